The molecular formula is C19H30N2O4. The SMILES string of the molecule is C#CCN(CCCN(CC#C)C(=O)OC(C)(C)C)C(=O)OC(C)(C)C. The predicted octanol–water partition coefficient (Wildman–Crippen LogP) is 3.12. The second kappa shape index (κ2) is 9.84. The molecule has 0 radical (unpaired) electrons. The third-order valence-electron chi connectivity index (χ3n) is 2.72. The Bertz CT molecular complexity index is 482. The average molecular weight is 350 g/mol. The van der Waals surface area contributed by atoms with Crippen LogP contribution in [0.2, 0.25) is 0 Å². The molecule has 0 unspecified atom stereocenters. The lowest BCUT2D eigenvalue weighted by atomic mass is 10.2. The van der Waals surface area contributed by atoms with Gasteiger partial charge in [0.05, 0.1) is 13.1 Å². The molecule has 0 heterocycles. The van der Waals surface area contributed by atoms with Gasteiger partial charge in [-0.1, -0.05) is 11.8 Å². The van der Waals surface area contributed by atoms with E-state index in [1.54, 1.807) is 41.5 Å². The third-order valence-corrected chi connectivity index (χ3v) is 2.72. The smallest absolute Gasteiger partial charge is 0.411 e. The van der Waals surface area contributed by atoms with Crippen molar-refractivity contribution in [2.24, 2.45) is 0 Å². The van der Waals surface area contributed by atoms with Crippen molar-refractivity contribution in [1.82, 2.24) is 9.80 Å². The highest BCUT2D eigenvalue weighted by Crippen LogP contribution is 2.12. The summed E-state index contributed by atoms with van der Waals surface area (Å²) in [5, 5.41) is 0. The van der Waals surface area contributed by atoms with Gasteiger partial charge in [0.25, 0.3) is 0 Å². The number of nitrogens with zero attached hydrogens (tertiary/aromatic N) is 2. The average Bonchev–Trinajstić information content (AvgIpc) is 2.41. The number of rotatable bonds is 6. The van der Waals surface area contributed by atoms with Crippen LogP contribution in [0.25, 0.3) is 0 Å². The van der Waals surface area contributed by atoms with Crippen molar-refractivity contribution in [2.75, 3.05) is 26.2 Å². The van der Waals surface area contributed by atoms with Gasteiger partial charge >= 0.3 is 12.2 Å². The van der Waals surface area contributed by atoms with Crippen LogP contribution in [-0.4, -0.2) is 59.4 Å². The van der Waals surface area contributed by atoms with Crippen molar-refractivity contribution in [3.63, 3.8) is 0 Å². The van der Waals surface area contributed by atoms with Crippen molar-refractivity contribution in [3.05, 3.63) is 0 Å². The van der Waals surface area contributed by atoms with E-state index >= 15 is 0 Å². The minimum Gasteiger partial charge on any atom is -0.444 e. The Morgan fingerprint density at radius 2 is 1.12 bits per heavy atom. The minimum absolute atomic E-state index is 0.135. The molecule has 0 spiro atoms. The van der Waals surface area contributed by atoms with E-state index in [1.165, 1.54) is 9.80 Å². The van der Waals surface area contributed by atoms with Crippen molar-refractivity contribution >= 4 is 12.2 Å². The van der Waals surface area contributed by atoms with Gasteiger partial charge in [0, 0.05) is 13.1 Å². The molecule has 0 fully saturated rings. The maximum Gasteiger partial charge on any atom is 0.411 e. The van der Waals surface area contributed by atoms with Crippen LogP contribution < -0.4 is 0 Å². The summed E-state index contributed by atoms with van der Waals surface area (Å²) < 4.78 is 10.6. The van der Waals surface area contributed by atoms with E-state index in [0.29, 0.717) is 19.5 Å². The molecule has 0 aliphatic heterocycles. The Morgan fingerprint density at radius 3 is 1.36 bits per heavy atom. The minimum atomic E-state index is -0.601. The molecule has 6 nitrogen and oxygen atoms in total. The molecule has 0 aliphatic carbocycles. The number of amides is 2. The topological polar surface area (TPSA) is 59.1 Å². The molecule has 0 aromatic heterocycles. The monoisotopic (exact) mass is 350 g/mol. The van der Waals surface area contributed by atoms with Gasteiger partial charge in [0.2, 0.25) is 0 Å². The van der Waals surface area contributed by atoms with Crippen molar-refractivity contribution in [3.8, 4) is 24.7 Å². The summed E-state index contributed by atoms with van der Waals surface area (Å²) in [6.07, 6.45) is 10.2. The zero-order valence-corrected chi connectivity index (χ0v) is 16.2. The first kappa shape index (κ1) is 22.7. The molecule has 0 N–H and O–H groups in total. The Balaban J connectivity index is 4.71. The maximum atomic E-state index is 12.1. The highest BCUT2D eigenvalue weighted by Gasteiger charge is 2.23. The lowest BCUT2D eigenvalue weighted by molar-refractivity contribution is 0.0235. The fourth-order valence-corrected chi connectivity index (χ4v) is 1.80. The molecule has 0 aliphatic rings. The van der Waals surface area contributed by atoms with E-state index in [-0.39, 0.29) is 13.1 Å². The molecule has 6 heteroatoms. The number of carbonyl (C=O) groups is 2. The van der Waals surface area contributed by atoms with E-state index in [4.69, 9.17) is 22.3 Å². The first-order chi connectivity index (χ1) is 11.4. The summed E-state index contributed by atoms with van der Waals surface area (Å²) in [7, 11) is 0. The fourth-order valence-electron chi connectivity index (χ4n) is 1.80. The molecule has 140 valence electrons. The van der Waals surface area contributed by atoms with Crippen LogP contribution in [0, 0.1) is 24.7 Å². The number of ether oxygens (including phenoxy) is 2. The first-order valence-corrected chi connectivity index (χ1v) is 8.22. The van der Waals surface area contributed by atoms with Gasteiger partial charge in [0.15, 0.2) is 0 Å². The quantitative estimate of drug-likeness (QED) is 0.691. The van der Waals surface area contributed by atoms with Crippen LogP contribution in [0.3, 0.4) is 0 Å². The van der Waals surface area contributed by atoms with Gasteiger partial charge < -0.3 is 9.47 Å². The van der Waals surface area contributed by atoms with Crippen LogP contribution in [0.15, 0.2) is 0 Å². The van der Waals surface area contributed by atoms with Gasteiger partial charge in [-0.15, -0.1) is 12.8 Å². The number of terminal acetylenes is 2. The van der Waals surface area contributed by atoms with Crippen LogP contribution >= 0.6 is 0 Å². The molecule has 25 heavy (non-hydrogen) atoms. The van der Waals surface area contributed by atoms with Gasteiger partial charge in [-0.05, 0) is 48.0 Å². The van der Waals surface area contributed by atoms with Crippen molar-refractivity contribution in [1.29, 1.82) is 0 Å². The second-order valence-electron chi connectivity index (χ2n) is 7.57. The Morgan fingerprint density at radius 1 is 0.800 bits per heavy atom. The summed E-state index contributed by atoms with van der Waals surface area (Å²) >= 11 is 0. The van der Waals surface area contributed by atoms with Crippen LogP contribution in [0.5, 0.6) is 0 Å². The van der Waals surface area contributed by atoms with Gasteiger partial charge in [-0.3, -0.25) is 9.80 Å². The zero-order chi connectivity index (χ0) is 19.7. The molecule has 2 amide bonds. The lowest BCUT2D eigenvalue weighted by Crippen LogP contribution is -2.41. The highest BCUT2D eigenvalue weighted by molar-refractivity contribution is 5.69. The number of carbonyl (C=O) groups excluding carboxylic acids is 2. The lowest BCUT2D eigenvalue weighted by Gasteiger charge is -2.28. The van der Waals surface area contributed by atoms with Crippen LogP contribution in [0.1, 0.15) is 48.0 Å². The summed E-state index contributed by atoms with van der Waals surface area (Å²) in [4.78, 5) is 27.1. The Labute approximate surface area is 151 Å². The number of hydrogen-bond donors (Lipinski definition) is 0. The third kappa shape index (κ3) is 10.9. The Hall–Kier alpha value is -2.34. The zero-order valence-electron chi connectivity index (χ0n) is 16.2. The molecule has 0 bridgehead atoms. The van der Waals surface area contributed by atoms with E-state index < -0.39 is 23.4 Å². The Kier molecular flexibility index (Phi) is 8.91. The molecule has 0 aromatic rings. The van der Waals surface area contributed by atoms with Crippen LogP contribution in [-0.2, 0) is 9.47 Å². The van der Waals surface area contributed by atoms with Gasteiger partial charge in [-0.2, -0.15) is 0 Å². The van der Waals surface area contributed by atoms with E-state index in [1.807, 2.05) is 0 Å². The molecule has 0 aromatic carbocycles. The molecular weight excluding hydrogens is 320 g/mol. The van der Waals surface area contributed by atoms with E-state index in [2.05, 4.69) is 11.8 Å². The largest absolute Gasteiger partial charge is 0.444 e. The predicted molar refractivity (Wildman–Crippen MR) is 97.9 cm³/mol. The normalized spacial score (nSPS) is 11.0. The highest BCUT2D eigenvalue weighted by atomic mass is 16.6. The first-order valence-electron chi connectivity index (χ1n) is 8.22. The molecule has 0 atom stereocenters. The molecule has 0 saturated carbocycles. The van der Waals surface area contributed by atoms with Gasteiger partial charge in [0.1, 0.15) is 11.2 Å². The molecule has 0 saturated heterocycles. The van der Waals surface area contributed by atoms with E-state index in [9.17, 15) is 9.59 Å². The number of hydrogen-bond acceptors (Lipinski definition) is 4. The van der Waals surface area contributed by atoms with Gasteiger partial charge in [-0.25, -0.2) is 9.59 Å². The summed E-state index contributed by atoms with van der Waals surface area (Å²) in [6, 6.07) is 0. The van der Waals surface area contributed by atoms with Crippen molar-refractivity contribution in [2.45, 2.75) is 59.2 Å². The van der Waals surface area contributed by atoms with Crippen molar-refractivity contribution < 1.29 is 19.1 Å². The van der Waals surface area contributed by atoms with Crippen LogP contribution in [0.4, 0.5) is 9.59 Å². The standard InChI is InChI=1S/C19H30N2O4/c1-9-12-20(16(22)24-18(3,4)5)14-11-15-21(13-10-2)17(23)25-19(6,7)8/h1-2H,11-15H2,3-8H3. The maximum absolute atomic E-state index is 12.1. The second-order valence-corrected chi connectivity index (χ2v) is 7.57. The summed E-state index contributed by atoms with van der Waals surface area (Å²) in [5.74, 6) is 4.88. The summed E-state index contributed by atoms with van der Waals surface area (Å²) in [5.41, 5.74) is -1.20. The van der Waals surface area contributed by atoms with E-state index in [0.717, 1.165) is 0 Å². The molecule has 0 rings (SSSR count). The summed E-state index contributed by atoms with van der Waals surface area (Å²) in [6.45, 7) is 11.7. The fraction of sp³-hybridized carbons (Fsp3) is 0.684.